The quantitative estimate of drug-likeness (QED) is 0.789. The van der Waals surface area contributed by atoms with Gasteiger partial charge < -0.3 is 9.26 Å². The molecule has 0 unspecified atom stereocenters. The van der Waals surface area contributed by atoms with E-state index in [4.69, 9.17) is 9.26 Å². The highest BCUT2D eigenvalue weighted by Crippen LogP contribution is 2.22. The van der Waals surface area contributed by atoms with Crippen molar-refractivity contribution in [3.63, 3.8) is 0 Å². The summed E-state index contributed by atoms with van der Waals surface area (Å²) in [7, 11) is 0. The van der Waals surface area contributed by atoms with Gasteiger partial charge >= 0.3 is 0 Å². The summed E-state index contributed by atoms with van der Waals surface area (Å²) in [5.41, 5.74) is 2.20. The van der Waals surface area contributed by atoms with Crippen LogP contribution >= 0.6 is 0 Å². The molecule has 0 N–H and O–H groups in total. The summed E-state index contributed by atoms with van der Waals surface area (Å²) in [5.74, 6) is 1.48. The van der Waals surface area contributed by atoms with Gasteiger partial charge in [0.05, 0.1) is 12.2 Å². The average Bonchev–Trinajstić information content (AvgIpc) is 2.64. The Morgan fingerprint density at radius 3 is 2.69 bits per heavy atom. The molecule has 0 spiro atoms. The minimum absolute atomic E-state index is 0.605. The normalized spacial score (nSPS) is 10.4. The molecule has 1 aromatic heterocycles. The molecule has 3 nitrogen and oxygen atoms in total. The third-order valence-corrected chi connectivity index (χ3v) is 2.47. The highest BCUT2D eigenvalue weighted by atomic mass is 16.5. The van der Waals surface area contributed by atoms with Crippen molar-refractivity contribution in [1.29, 1.82) is 0 Å². The maximum Gasteiger partial charge on any atom is 0.257 e. The van der Waals surface area contributed by atoms with E-state index < -0.39 is 0 Å². The van der Waals surface area contributed by atoms with Gasteiger partial charge in [-0.2, -0.15) is 0 Å². The first-order chi connectivity index (χ1) is 7.81. The van der Waals surface area contributed by atoms with Crippen LogP contribution < -0.4 is 4.74 Å². The predicted molar refractivity (Wildman–Crippen MR) is 61.7 cm³/mol. The summed E-state index contributed by atoms with van der Waals surface area (Å²) in [6.45, 7) is 4.52. The van der Waals surface area contributed by atoms with Crippen LogP contribution in [0.15, 0.2) is 34.9 Å². The summed E-state index contributed by atoms with van der Waals surface area (Å²) in [4.78, 5) is 0. The number of hydrogen-bond acceptors (Lipinski definition) is 3. The monoisotopic (exact) mass is 217 g/mol. The molecule has 0 aliphatic heterocycles. The maximum atomic E-state index is 5.35. The van der Waals surface area contributed by atoms with Crippen molar-refractivity contribution >= 4 is 0 Å². The number of rotatable bonds is 4. The van der Waals surface area contributed by atoms with Crippen molar-refractivity contribution in [2.24, 2.45) is 0 Å². The minimum atomic E-state index is 0.605. The Hall–Kier alpha value is -1.77. The van der Waals surface area contributed by atoms with E-state index in [0.717, 1.165) is 17.7 Å². The molecule has 3 heteroatoms. The van der Waals surface area contributed by atoms with E-state index in [2.05, 4.69) is 17.3 Å². The second kappa shape index (κ2) is 4.84. The lowest BCUT2D eigenvalue weighted by Crippen LogP contribution is -1.93. The SMILES string of the molecule is CCOc1noc(Cc2ccccc2)c1C. The molecule has 84 valence electrons. The van der Waals surface area contributed by atoms with Gasteiger partial charge in [-0.05, 0) is 24.6 Å². The molecule has 0 saturated carbocycles. The highest BCUT2D eigenvalue weighted by Gasteiger charge is 2.12. The van der Waals surface area contributed by atoms with E-state index in [0.29, 0.717) is 12.5 Å². The fourth-order valence-corrected chi connectivity index (χ4v) is 1.57. The third kappa shape index (κ3) is 2.24. The topological polar surface area (TPSA) is 35.3 Å². The molecule has 1 heterocycles. The van der Waals surface area contributed by atoms with Crippen LogP contribution in [0, 0.1) is 6.92 Å². The van der Waals surface area contributed by atoms with Crippen molar-refractivity contribution in [2.75, 3.05) is 6.61 Å². The molecule has 0 fully saturated rings. The lowest BCUT2D eigenvalue weighted by Gasteiger charge is -1.99. The molecule has 1 aromatic carbocycles. The zero-order valence-electron chi connectivity index (χ0n) is 9.56. The van der Waals surface area contributed by atoms with Crippen molar-refractivity contribution in [3.8, 4) is 5.88 Å². The smallest absolute Gasteiger partial charge is 0.257 e. The fourth-order valence-electron chi connectivity index (χ4n) is 1.57. The van der Waals surface area contributed by atoms with E-state index >= 15 is 0 Å². The van der Waals surface area contributed by atoms with E-state index in [1.807, 2.05) is 32.0 Å². The van der Waals surface area contributed by atoms with Crippen molar-refractivity contribution in [1.82, 2.24) is 5.16 Å². The molecule has 0 bridgehead atoms. The molecule has 0 saturated heterocycles. The van der Waals surface area contributed by atoms with Crippen LogP contribution in [0.25, 0.3) is 0 Å². The van der Waals surface area contributed by atoms with Crippen LogP contribution in [0.2, 0.25) is 0 Å². The number of aromatic nitrogens is 1. The molecule has 0 radical (unpaired) electrons. The molecule has 2 aromatic rings. The van der Waals surface area contributed by atoms with Crippen LogP contribution in [0.5, 0.6) is 5.88 Å². The summed E-state index contributed by atoms with van der Waals surface area (Å²) in [6.07, 6.45) is 0.757. The van der Waals surface area contributed by atoms with Gasteiger partial charge in [0, 0.05) is 6.42 Å². The van der Waals surface area contributed by atoms with Gasteiger partial charge in [-0.25, -0.2) is 0 Å². The van der Waals surface area contributed by atoms with E-state index in [9.17, 15) is 0 Å². The number of hydrogen-bond donors (Lipinski definition) is 0. The largest absolute Gasteiger partial charge is 0.476 e. The molecule has 16 heavy (non-hydrogen) atoms. The van der Waals surface area contributed by atoms with Crippen molar-refractivity contribution < 1.29 is 9.26 Å². The van der Waals surface area contributed by atoms with Gasteiger partial charge in [0.2, 0.25) is 0 Å². The van der Waals surface area contributed by atoms with Crippen LogP contribution in [-0.2, 0) is 6.42 Å². The Labute approximate surface area is 95.0 Å². The second-order valence-corrected chi connectivity index (χ2v) is 3.63. The molecular weight excluding hydrogens is 202 g/mol. The van der Waals surface area contributed by atoms with E-state index in [-0.39, 0.29) is 0 Å². The van der Waals surface area contributed by atoms with E-state index in [1.165, 1.54) is 5.56 Å². The lowest BCUT2D eigenvalue weighted by molar-refractivity contribution is 0.290. The third-order valence-electron chi connectivity index (χ3n) is 2.47. The van der Waals surface area contributed by atoms with Gasteiger partial charge in [-0.15, -0.1) is 0 Å². The Kier molecular flexibility index (Phi) is 3.25. The first-order valence-electron chi connectivity index (χ1n) is 5.43. The molecule has 2 rings (SSSR count). The van der Waals surface area contributed by atoms with Crippen LogP contribution in [0.3, 0.4) is 0 Å². The second-order valence-electron chi connectivity index (χ2n) is 3.63. The highest BCUT2D eigenvalue weighted by molar-refractivity contribution is 5.30. The number of ether oxygens (including phenoxy) is 1. The van der Waals surface area contributed by atoms with E-state index in [1.54, 1.807) is 0 Å². The Morgan fingerprint density at radius 1 is 1.25 bits per heavy atom. The zero-order chi connectivity index (χ0) is 11.4. The fraction of sp³-hybridized carbons (Fsp3) is 0.308. The first-order valence-corrected chi connectivity index (χ1v) is 5.43. The molecule has 0 aliphatic rings. The first kappa shape index (κ1) is 10.7. The average molecular weight is 217 g/mol. The Bertz CT molecular complexity index is 448. The summed E-state index contributed by atoms with van der Waals surface area (Å²) < 4.78 is 10.6. The molecule has 0 atom stereocenters. The molecular formula is C13H15NO2. The summed E-state index contributed by atoms with van der Waals surface area (Å²) in [5, 5.41) is 3.90. The van der Waals surface area contributed by atoms with Gasteiger partial charge in [0.1, 0.15) is 5.76 Å². The standard InChI is InChI=1S/C13H15NO2/c1-3-15-13-10(2)12(16-14-13)9-11-7-5-4-6-8-11/h4-8H,3,9H2,1-2H3. The van der Waals surface area contributed by atoms with Crippen LogP contribution in [0.4, 0.5) is 0 Å². The van der Waals surface area contributed by atoms with Gasteiger partial charge in [-0.3, -0.25) is 0 Å². The molecule has 0 amide bonds. The van der Waals surface area contributed by atoms with Crippen molar-refractivity contribution in [2.45, 2.75) is 20.3 Å². The number of nitrogens with zero attached hydrogens (tertiary/aromatic N) is 1. The Balaban J connectivity index is 2.16. The van der Waals surface area contributed by atoms with Gasteiger partial charge in [0.25, 0.3) is 5.88 Å². The minimum Gasteiger partial charge on any atom is -0.476 e. The molecule has 0 aliphatic carbocycles. The Morgan fingerprint density at radius 2 is 2.00 bits per heavy atom. The van der Waals surface area contributed by atoms with Crippen LogP contribution in [0.1, 0.15) is 23.8 Å². The lowest BCUT2D eigenvalue weighted by atomic mass is 10.1. The van der Waals surface area contributed by atoms with Gasteiger partial charge in [-0.1, -0.05) is 30.3 Å². The predicted octanol–water partition coefficient (Wildman–Crippen LogP) is 2.97. The van der Waals surface area contributed by atoms with Crippen LogP contribution in [-0.4, -0.2) is 11.8 Å². The number of benzene rings is 1. The summed E-state index contributed by atoms with van der Waals surface area (Å²) >= 11 is 0. The van der Waals surface area contributed by atoms with Crippen molar-refractivity contribution in [3.05, 3.63) is 47.2 Å². The maximum absolute atomic E-state index is 5.35. The zero-order valence-corrected chi connectivity index (χ0v) is 9.56. The summed E-state index contributed by atoms with van der Waals surface area (Å²) in [6, 6.07) is 10.2. The van der Waals surface area contributed by atoms with Gasteiger partial charge in [0.15, 0.2) is 0 Å².